The fourth-order valence-electron chi connectivity index (χ4n) is 2.69. The Morgan fingerprint density at radius 2 is 1.91 bits per heavy atom. The van der Waals surface area contributed by atoms with Crippen LogP contribution in [0.3, 0.4) is 0 Å². The van der Waals surface area contributed by atoms with Crippen LogP contribution in [0.25, 0.3) is 11.1 Å². The lowest BCUT2D eigenvalue weighted by Gasteiger charge is -2.22. The molecule has 23 heavy (non-hydrogen) atoms. The summed E-state index contributed by atoms with van der Waals surface area (Å²) in [7, 11) is 0. The van der Waals surface area contributed by atoms with Crippen LogP contribution < -0.4 is 0 Å². The molecule has 4 heteroatoms. The molecular formula is C19H20O4. The van der Waals surface area contributed by atoms with E-state index in [2.05, 4.69) is 0 Å². The van der Waals surface area contributed by atoms with Crippen LogP contribution >= 0.6 is 0 Å². The number of carbonyl (C=O) groups excluding carboxylic acids is 1. The van der Waals surface area contributed by atoms with Crippen LogP contribution in [0, 0.1) is 0 Å². The van der Waals surface area contributed by atoms with Crippen molar-refractivity contribution in [2.45, 2.75) is 32.2 Å². The molecule has 3 rings (SSSR count). The van der Waals surface area contributed by atoms with Crippen molar-refractivity contribution in [1.82, 2.24) is 0 Å². The van der Waals surface area contributed by atoms with Crippen molar-refractivity contribution >= 4 is 5.97 Å². The van der Waals surface area contributed by atoms with Gasteiger partial charge in [-0.05, 0) is 35.6 Å². The molecule has 0 bridgehead atoms. The van der Waals surface area contributed by atoms with E-state index in [-0.39, 0.29) is 12.6 Å². The summed E-state index contributed by atoms with van der Waals surface area (Å²) < 4.78 is 11.0. The molecule has 1 atom stereocenters. The van der Waals surface area contributed by atoms with Gasteiger partial charge in [0.25, 0.3) is 0 Å². The zero-order valence-corrected chi connectivity index (χ0v) is 12.9. The lowest BCUT2D eigenvalue weighted by Crippen LogP contribution is -2.25. The molecule has 2 aromatic rings. The predicted molar refractivity (Wildman–Crippen MR) is 86.8 cm³/mol. The SMILES string of the molecule is O=C(OC1CCCCO1)c1ccccc1-c1ccc(CO)cc1. The predicted octanol–water partition coefficient (Wildman–Crippen LogP) is 3.53. The summed E-state index contributed by atoms with van der Waals surface area (Å²) in [5.74, 6) is -0.362. The van der Waals surface area contributed by atoms with Gasteiger partial charge in [-0.25, -0.2) is 4.79 Å². The second kappa shape index (κ2) is 7.40. The van der Waals surface area contributed by atoms with Crippen molar-refractivity contribution in [3.8, 4) is 11.1 Å². The van der Waals surface area contributed by atoms with Crippen molar-refractivity contribution in [2.75, 3.05) is 6.61 Å². The van der Waals surface area contributed by atoms with Gasteiger partial charge >= 0.3 is 5.97 Å². The quantitative estimate of drug-likeness (QED) is 0.878. The highest BCUT2D eigenvalue weighted by atomic mass is 16.7. The number of ether oxygens (including phenoxy) is 2. The van der Waals surface area contributed by atoms with Crippen molar-refractivity contribution in [1.29, 1.82) is 0 Å². The summed E-state index contributed by atoms with van der Waals surface area (Å²) in [5, 5.41) is 9.14. The van der Waals surface area contributed by atoms with Crippen LogP contribution in [-0.2, 0) is 16.1 Å². The molecule has 120 valence electrons. The molecule has 0 aliphatic carbocycles. The largest absolute Gasteiger partial charge is 0.432 e. The lowest BCUT2D eigenvalue weighted by atomic mass is 9.99. The molecule has 1 aliphatic rings. The molecule has 0 amide bonds. The van der Waals surface area contributed by atoms with Gasteiger partial charge in [0, 0.05) is 6.42 Å². The molecule has 1 aliphatic heterocycles. The van der Waals surface area contributed by atoms with Crippen molar-refractivity contribution in [3.05, 3.63) is 59.7 Å². The van der Waals surface area contributed by atoms with Gasteiger partial charge in [0.1, 0.15) is 0 Å². The average molecular weight is 312 g/mol. The van der Waals surface area contributed by atoms with Crippen LogP contribution in [0.2, 0.25) is 0 Å². The summed E-state index contributed by atoms with van der Waals surface area (Å²) >= 11 is 0. The third kappa shape index (κ3) is 3.78. The number of benzene rings is 2. The molecule has 2 aromatic carbocycles. The molecule has 4 nitrogen and oxygen atoms in total. The first-order chi connectivity index (χ1) is 11.3. The van der Waals surface area contributed by atoms with Gasteiger partial charge in [0.05, 0.1) is 18.8 Å². The maximum atomic E-state index is 12.5. The van der Waals surface area contributed by atoms with Gasteiger partial charge in [-0.3, -0.25) is 0 Å². The molecule has 0 aromatic heterocycles. The van der Waals surface area contributed by atoms with Crippen LogP contribution in [0.5, 0.6) is 0 Å². The van der Waals surface area contributed by atoms with Gasteiger partial charge in [-0.15, -0.1) is 0 Å². The highest BCUT2D eigenvalue weighted by molar-refractivity contribution is 5.97. The molecule has 1 N–H and O–H groups in total. The number of aliphatic hydroxyl groups excluding tert-OH is 1. The molecule has 1 fully saturated rings. The summed E-state index contributed by atoms with van der Waals surface area (Å²) in [6.07, 6.45) is 2.34. The minimum absolute atomic E-state index is 0.00296. The normalized spacial score (nSPS) is 17.7. The average Bonchev–Trinajstić information content (AvgIpc) is 2.62. The summed E-state index contributed by atoms with van der Waals surface area (Å²) in [6, 6.07) is 14.9. The Labute approximate surface area is 135 Å². The van der Waals surface area contributed by atoms with Gasteiger partial charge in [0.2, 0.25) is 6.29 Å². The first-order valence-corrected chi connectivity index (χ1v) is 7.90. The van der Waals surface area contributed by atoms with E-state index in [0.717, 1.165) is 36.0 Å². The van der Waals surface area contributed by atoms with Gasteiger partial charge in [0.15, 0.2) is 0 Å². The number of hydrogen-bond acceptors (Lipinski definition) is 4. The third-order valence-corrected chi connectivity index (χ3v) is 3.97. The molecule has 0 radical (unpaired) electrons. The first kappa shape index (κ1) is 15.7. The topological polar surface area (TPSA) is 55.8 Å². The second-order valence-corrected chi connectivity index (χ2v) is 5.60. The van der Waals surface area contributed by atoms with Crippen molar-refractivity contribution < 1.29 is 19.4 Å². The summed E-state index contributed by atoms with van der Waals surface area (Å²) in [5.41, 5.74) is 3.10. The van der Waals surface area contributed by atoms with E-state index in [1.165, 1.54) is 0 Å². The van der Waals surface area contributed by atoms with E-state index < -0.39 is 6.29 Å². The second-order valence-electron chi connectivity index (χ2n) is 5.60. The standard InChI is InChI=1S/C19H20O4/c20-13-14-8-10-15(11-9-14)16-5-1-2-6-17(16)19(21)23-18-7-3-4-12-22-18/h1-2,5-6,8-11,18,20H,3-4,7,12-13H2. The van der Waals surface area contributed by atoms with E-state index >= 15 is 0 Å². The highest BCUT2D eigenvalue weighted by Crippen LogP contribution is 2.26. The number of rotatable bonds is 4. The maximum absolute atomic E-state index is 12.5. The van der Waals surface area contributed by atoms with E-state index in [1.54, 1.807) is 6.07 Å². The minimum Gasteiger partial charge on any atom is -0.432 e. The zero-order valence-electron chi connectivity index (χ0n) is 12.9. The fraction of sp³-hybridized carbons (Fsp3) is 0.316. The molecule has 0 spiro atoms. The lowest BCUT2D eigenvalue weighted by molar-refractivity contribution is -0.130. The molecule has 1 heterocycles. The number of aliphatic hydroxyl groups is 1. The smallest absolute Gasteiger partial charge is 0.341 e. The maximum Gasteiger partial charge on any atom is 0.341 e. The Bertz CT molecular complexity index is 657. The molecule has 1 unspecified atom stereocenters. The number of hydrogen-bond donors (Lipinski definition) is 1. The Morgan fingerprint density at radius 3 is 2.61 bits per heavy atom. The van der Waals surface area contributed by atoms with E-state index in [0.29, 0.717) is 12.2 Å². The molecule has 1 saturated heterocycles. The van der Waals surface area contributed by atoms with Gasteiger partial charge in [-0.1, -0.05) is 42.5 Å². The Balaban J connectivity index is 1.82. The van der Waals surface area contributed by atoms with Crippen LogP contribution in [0.4, 0.5) is 0 Å². The molecular weight excluding hydrogens is 292 g/mol. The number of carbonyl (C=O) groups is 1. The van der Waals surface area contributed by atoms with Crippen molar-refractivity contribution in [3.63, 3.8) is 0 Å². The van der Waals surface area contributed by atoms with Crippen LogP contribution in [-0.4, -0.2) is 24.0 Å². The minimum atomic E-state index is -0.443. The molecule has 0 saturated carbocycles. The van der Waals surface area contributed by atoms with Crippen LogP contribution in [0.1, 0.15) is 35.2 Å². The van der Waals surface area contributed by atoms with E-state index in [9.17, 15) is 4.79 Å². The summed E-state index contributed by atoms with van der Waals surface area (Å²) in [4.78, 5) is 12.5. The van der Waals surface area contributed by atoms with E-state index in [1.807, 2.05) is 42.5 Å². The highest BCUT2D eigenvalue weighted by Gasteiger charge is 2.21. The third-order valence-electron chi connectivity index (χ3n) is 3.97. The van der Waals surface area contributed by atoms with Crippen molar-refractivity contribution in [2.24, 2.45) is 0 Å². The van der Waals surface area contributed by atoms with Gasteiger partial charge in [-0.2, -0.15) is 0 Å². The van der Waals surface area contributed by atoms with Crippen LogP contribution in [0.15, 0.2) is 48.5 Å². The summed E-state index contributed by atoms with van der Waals surface area (Å²) in [6.45, 7) is 0.644. The first-order valence-electron chi connectivity index (χ1n) is 7.90. The monoisotopic (exact) mass is 312 g/mol. The fourth-order valence-corrected chi connectivity index (χ4v) is 2.69. The van der Waals surface area contributed by atoms with E-state index in [4.69, 9.17) is 14.6 Å². The number of esters is 1. The Morgan fingerprint density at radius 1 is 1.13 bits per heavy atom. The zero-order chi connectivity index (χ0) is 16.1. The van der Waals surface area contributed by atoms with Gasteiger partial charge < -0.3 is 14.6 Å². The Hall–Kier alpha value is -2.17. The Kier molecular flexibility index (Phi) is 5.05.